The number of likely N-dealkylation sites (tertiary alicyclic amines) is 1. The minimum atomic E-state index is -1.11. The van der Waals surface area contributed by atoms with Crippen LogP contribution in [0.25, 0.3) is 0 Å². The predicted molar refractivity (Wildman–Crippen MR) is 125 cm³/mol. The van der Waals surface area contributed by atoms with Crippen LogP contribution in [0.15, 0.2) is 36.7 Å². The molecule has 2 atom stereocenters. The van der Waals surface area contributed by atoms with E-state index in [-0.39, 0.29) is 36.7 Å². The van der Waals surface area contributed by atoms with Gasteiger partial charge in [-0.25, -0.2) is 4.79 Å². The van der Waals surface area contributed by atoms with Gasteiger partial charge in [0, 0.05) is 36.2 Å². The molecular formula is C25H27ClN2O6. The number of halogens is 1. The number of amides is 2. The summed E-state index contributed by atoms with van der Waals surface area (Å²) in [5, 5.41) is 9.74. The van der Waals surface area contributed by atoms with Crippen LogP contribution < -0.4 is 4.74 Å². The van der Waals surface area contributed by atoms with E-state index in [4.69, 9.17) is 16.3 Å². The number of rotatable bonds is 8. The first-order valence-electron chi connectivity index (χ1n) is 11.1. The van der Waals surface area contributed by atoms with Crippen LogP contribution in [0.3, 0.4) is 0 Å². The minimum Gasteiger partial charge on any atom is -0.496 e. The zero-order chi connectivity index (χ0) is 24.8. The number of pyridine rings is 1. The fraction of sp³-hybridized carbons (Fsp3) is 0.400. The smallest absolute Gasteiger partial charge is 0.337 e. The number of carboxylic acid groups (broad SMARTS) is 1. The molecule has 34 heavy (non-hydrogen) atoms. The summed E-state index contributed by atoms with van der Waals surface area (Å²) in [6.45, 7) is 1.61. The van der Waals surface area contributed by atoms with E-state index in [0.29, 0.717) is 35.6 Å². The summed E-state index contributed by atoms with van der Waals surface area (Å²) < 4.78 is 5.38. The van der Waals surface area contributed by atoms with Crippen molar-refractivity contribution in [3.63, 3.8) is 0 Å². The van der Waals surface area contributed by atoms with Crippen LogP contribution in [0.4, 0.5) is 0 Å². The molecule has 1 N–H and O–H groups in total. The van der Waals surface area contributed by atoms with Gasteiger partial charge in [0.2, 0.25) is 11.8 Å². The molecule has 2 aromatic rings. The maximum atomic E-state index is 13.4. The first-order chi connectivity index (χ1) is 16.2. The van der Waals surface area contributed by atoms with Crippen molar-refractivity contribution in [1.29, 1.82) is 0 Å². The van der Waals surface area contributed by atoms with Crippen molar-refractivity contribution in [2.45, 2.75) is 44.9 Å². The van der Waals surface area contributed by atoms with Gasteiger partial charge in [-0.1, -0.05) is 18.5 Å². The normalized spacial score (nSPS) is 17.3. The Bertz CT molecular complexity index is 1100. The van der Waals surface area contributed by atoms with Crippen molar-refractivity contribution in [2.75, 3.05) is 13.7 Å². The maximum Gasteiger partial charge on any atom is 0.337 e. The molecule has 180 valence electrons. The number of ketones is 1. The number of aromatic nitrogens is 1. The standard InChI is InChI=1S/C25H27ClN2O6/c1-3-15(18-9-19(25(32)33)13-27-12-18)11-23(30)28-14-21(29)6-4-16(24(28)31)8-17-10-20(26)5-7-22(17)34-2/h5,7,9-10,12-13,15-16H,3-4,6,8,11,14H2,1-2H3,(H,32,33). The van der Waals surface area contributed by atoms with Gasteiger partial charge in [0.25, 0.3) is 0 Å². The molecule has 0 bridgehead atoms. The molecule has 0 saturated carbocycles. The summed E-state index contributed by atoms with van der Waals surface area (Å²) in [5.41, 5.74) is 1.36. The summed E-state index contributed by atoms with van der Waals surface area (Å²) >= 11 is 6.12. The van der Waals surface area contributed by atoms with Gasteiger partial charge in [-0.05, 0) is 60.6 Å². The van der Waals surface area contributed by atoms with Gasteiger partial charge in [-0.3, -0.25) is 24.3 Å². The predicted octanol–water partition coefficient (Wildman–Crippen LogP) is 3.90. The number of methoxy groups -OCH3 is 1. The first kappa shape index (κ1) is 25.4. The van der Waals surface area contributed by atoms with E-state index in [1.54, 1.807) is 18.2 Å². The van der Waals surface area contributed by atoms with Crippen molar-refractivity contribution < 1.29 is 29.0 Å². The van der Waals surface area contributed by atoms with Gasteiger partial charge in [-0.15, -0.1) is 0 Å². The van der Waals surface area contributed by atoms with Crippen LogP contribution in [0.5, 0.6) is 5.75 Å². The molecule has 0 spiro atoms. The lowest BCUT2D eigenvalue weighted by atomic mass is 9.92. The number of hydrogen-bond donors (Lipinski definition) is 1. The second kappa shape index (κ2) is 11.2. The number of carboxylic acids is 1. The first-order valence-corrected chi connectivity index (χ1v) is 11.5. The quantitative estimate of drug-likeness (QED) is 0.601. The molecule has 2 unspecified atom stereocenters. The molecule has 1 fully saturated rings. The van der Waals surface area contributed by atoms with Crippen LogP contribution in [0.2, 0.25) is 5.02 Å². The fourth-order valence-corrected chi connectivity index (χ4v) is 4.40. The molecule has 1 aliphatic heterocycles. The number of ether oxygens (including phenoxy) is 1. The minimum absolute atomic E-state index is 0.0277. The SMILES string of the molecule is CCC(CC(=O)N1CC(=O)CCC(Cc2cc(Cl)ccc2OC)C1=O)c1cncc(C(=O)O)c1. The Morgan fingerprint density at radius 1 is 1.26 bits per heavy atom. The van der Waals surface area contributed by atoms with Crippen molar-refractivity contribution in [2.24, 2.45) is 5.92 Å². The number of imide groups is 1. The largest absolute Gasteiger partial charge is 0.496 e. The van der Waals surface area contributed by atoms with Gasteiger partial charge >= 0.3 is 5.97 Å². The van der Waals surface area contributed by atoms with Gasteiger partial charge in [-0.2, -0.15) is 0 Å². The monoisotopic (exact) mass is 486 g/mol. The second-order valence-electron chi connectivity index (χ2n) is 8.37. The third-order valence-electron chi connectivity index (χ3n) is 6.12. The molecule has 1 aromatic carbocycles. The number of carbonyl (C=O) groups excluding carboxylic acids is 3. The number of hydrogen-bond acceptors (Lipinski definition) is 6. The fourth-order valence-electron chi connectivity index (χ4n) is 4.20. The highest BCUT2D eigenvalue weighted by molar-refractivity contribution is 6.30. The van der Waals surface area contributed by atoms with E-state index in [1.807, 2.05) is 6.92 Å². The Hall–Kier alpha value is -3.26. The molecule has 0 radical (unpaired) electrons. The van der Waals surface area contributed by atoms with E-state index in [0.717, 1.165) is 10.5 Å². The second-order valence-corrected chi connectivity index (χ2v) is 8.81. The summed E-state index contributed by atoms with van der Waals surface area (Å²) in [6.07, 6.45) is 4.10. The van der Waals surface area contributed by atoms with Crippen molar-refractivity contribution in [1.82, 2.24) is 9.88 Å². The maximum absolute atomic E-state index is 13.4. The number of carbonyl (C=O) groups is 4. The zero-order valence-electron chi connectivity index (χ0n) is 19.1. The Balaban J connectivity index is 1.81. The van der Waals surface area contributed by atoms with Crippen LogP contribution in [-0.2, 0) is 20.8 Å². The molecule has 9 heteroatoms. The Kier molecular flexibility index (Phi) is 8.39. The summed E-state index contributed by atoms with van der Waals surface area (Å²) in [7, 11) is 1.53. The number of benzene rings is 1. The molecule has 0 aliphatic carbocycles. The van der Waals surface area contributed by atoms with E-state index >= 15 is 0 Å². The van der Waals surface area contributed by atoms with Crippen molar-refractivity contribution in [3.05, 3.63) is 58.4 Å². The van der Waals surface area contributed by atoms with Gasteiger partial charge < -0.3 is 9.84 Å². The Morgan fingerprint density at radius 3 is 2.71 bits per heavy atom. The van der Waals surface area contributed by atoms with E-state index in [2.05, 4.69) is 4.98 Å². The topological polar surface area (TPSA) is 114 Å². The van der Waals surface area contributed by atoms with E-state index in [9.17, 15) is 24.3 Å². The van der Waals surface area contributed by atoms with Crippen LogP contribution in [-0.4, -0.2) is 52.2 Å². The number of aromatic carboxylic acids is 1. The summed E-state index contributed by atoms with van der Waals surface area (Å²) in [6, 6.07) is 6.62. The highest BCUT2D eigenvalue weighted by Crippen LogP contribution is 2.30. The third-order valence-corrected chi connectivity index (χ3v) is 6.36. The van der Waals surface area contributed by atoms with Gasteiger partial charge in [0.1, 0.15) is 5.75 Å². The molecule has 8 nitrogen and oxygen atoms in total. The van der Waals surface area contributed by atoms with E-state index < -0.39 is 23.7 Å². The molecule has 1 aliphatic rings. The molecule has 2 heterocycles. The van der Waals surface area contributed by atoms with Crippen molar-refractivity contribution >= 4 is 35.2 Å². The Labute approximate surface area is 202 Å². The molecule has 1 saturated heterocycles. The molecule has 2 amide bonds. The van der Waals surface area contributed by atoms with Crippen LogP contribution >= 0.6 is 11.6 Å². The lowest BCUT2D eigenvalue weighted by Gasteiger charge is -2.25. The highest BCUT2D eigenvalue weighted by Gasteiger charge is 2.35. The number of Topliss-reactive ketones (excluding diaryl/α,β-unsaturated/α-hetero) is 1. The Morgan fingerprint density at radius 2 is 2.03 bits per heavy atom. The molecule has 1 aromatic heterocycles. The number of nitrogens with zero attached hydrogens (tertiary/aromatic N) is 2. The molecular weight excluding hydrogens is 460 g/mol. The lowest BCUT2D eigenvalue weighted by Crippen LogP contribution is -2.42. The zero-order valence-corrected chi connectivity index (χ0v) is 19.9. The highest BCUT2D eigenvalue weighted by atomic mass is 35.5. The van der Waals surface area contributed by atoms with Crippen molar-refractivity contribution in [3.8, 4) is 5.75 Å². The average molecular weight is 487 g/mol. The van der Waals surface area contributed by atoms with Crippen LogP contribution in [0, 0.1) is 5.92 Å². The van der Waals surface area contributed by atoms with Crippen LogP contribution in [0.1, 0.15) is 60.0 Å². The summed E-state index contributed by atoms with van der Waals surface area (Å²) in [4.78, 5) is 55.3. The lowest BCUT2D eigenvalue weighted by molar-refractivity contribution is -0.148. The third kappa shape index (κ3) is 5.99. The van der Waals surface area contributed by atoms with Gasteiger partial charge in [0.05, 0.1) is 19.2 Å². The summed E-state index contributed by atoms with van der Waals surface area (Å²) in [5.74, 6) is -2.46. The molecule has 3 rings (SSSR count). The van der Waals surface area contributed by atoms with Gasteiger partial charge in [0.15, 0.2) is 5.78 Å². The van der Waals surface area contributed by atoms with E-state index in [1.165, 1.54) is 25.6 Å². The average Bonchev–Trinajstić information content (AvgIpc) is 2.96.